The predicted molar refractivity (Wildman–Crippen MR) is 57.6 cm³/mol. The van der Waals surface area contributed by atoms with E-state index < -0.39 is 5.97 Å². The molecule has 2 aromatic heterocycles. The van der Waals surface area contributed by atoms with Crippen molar-refractivity contribution in [2.75, 3.05) is 0 Å². The Balaban J connectivity index is 2.35. The summed E-state index contributed by atoms with van der Waals surface area (Å²) in [4.78, 5) is 25.0. The molecule has 2 rings (SSSR count). The number of aromatic nitrogens is 1. The predicted octanol–water partition coefficient (Wildman–Crippen LogP) is 2.30. The number of halogens is 1. The molecule has 2 heterocycles. The summed E-state index contributed by atoms with van der Waals surface area (Å²) in [5, 5.41) is 8.69. The van der Waals surface area contributed by atoms with Crippen LogP contribution in [0, 0.1) is 0 Å². The molecular formula is C10H6BrNO4. The molecule has 0 atom stereocenters. The molecule has 0 saturated heterocycles. The molecule has 0 fully saturated rings. The number of hydrogen-bond donors (Lipinski definition) is 2. The fourth-order valence-electron chi connectivity index (χ4n) is 1.26. The van der Waals surface area contributed by atoms with Gasteiger partial charge in [-0.25, -0.2) is 4.79 Å². The van der Waals surface area contributed by atoms with Crippen LogP contribution in [0.15, 0.2) is 33.7 Å². The minimum atomic E-state index is -1.11. The maximum atomic E-state index is 11.9. The van der Waals surface area contributed by atoms with Crippen molar-refractivity contribution < 1.29 is 19.1 Å². The molecule has 2 N–H and O–H groups in total. The second kappa shape index (κ2) is 3.97. The lowest BCUT2D eigenvalue weighted by atomic mass is 10.1. The van der Waals surface area contributed by atoms with Gasteiger partial charge in [0.15, 0.2) is 10.5 Å². The second-order valence-corrected chi connectivity index (χ2v) is 3.76. The van der Waals surface area contributed by atoms with Crippen LogP contribution < -0.4 is 0 Å². The van der Waals surface area contributed by atoms with E-state index >= 15 is 0 Å². The van der Waals surface area contributed by atoms with Gasteiger partial charge in [0.05, 0.1) is 11.8 Å². The van der Waals surface area contributed by atoms with Gasteiger partial charge in [-0.1, -0.05) is 0 Å². The van der Waals surface area contributed by atoms with Crippen molar-refractivity contribution in [3.8, 4) is 0 Å². The number of rotatable bonds is 3. The van der Waals surface area contributed by atoms with Crippen molar-refractivity contribution >= 4 is 27.7 Å². The van der Waals surface area contributed by atoms with E-state index in [0.717, 1.165) is 0 Å². The molecule has 0 saturated carbocycles. The highest BCUT2D eigenvalue weighted by atomic mass is 79.9. The molecule has 0 bridgehead atoms. The summed E-state index contributed by atoms with van der Waals surface area (Å²) in [5.41, 5.74) is 0.610. The number of carbonyl (C=O) groups is 2. The molecule has 0 aliphatic rings. The van der Waals surface area contributed by atoms with Gasteiger partial charge >= 0.3 is 5.97 Å². The number of nitrogens with one attached hydrogen (secondary N) is 1. The standard InChI is InChI=1S/C10H6BrNO4/c11-9-6(1-2-16-9)8(13)5-3-7(10(14)15)12-4-5/h1-4,12H,(H,14,15). The Morgan fingerprint density at radius 1 is 1.44 bits per heavy atom. The minimum Gasteiger partial charge on any atom is -0.477 e. The van der Waals surface area contributed by atoms with Crippen LogP contribution in [0.1, 0.15) is 26.4 Å². The van der Waals surface area contributed by atoms with Crippen LogP contribution in [-0.2, 0) is 0 Å². The maximum absolute atomic E-state index is 11.9. The first-order valence-corrected chi connectivity index (χ1v) is 5.08. The van der Waals surface area contributed by atoms with Crippen LogP contribution in [0.5, 0.6) is 0 Å². The first-order valence-electron chi connectivity index (χ1n) is 4.29. The lowest BCUT2D eigenvalue weighted by Gasteiger charge is -1.92. The van der Waals surface area contributed by atoms with E-state index in [-0.39, 0.29) is 17.0 Å². The lowest BCUT2D eigenvalue weighted by molar-refractivity contribution is 0.0691. The molecule has 16 heavy (non-hydrogen) atoms. The monoisotopic (exact) mass is 283 g/mol. The van der Waals surface area contributed by atoms with Crippen LogP contribution in [0.2, 0.25) is 0 Å². The molecule has 0 aliphatic heterocycles. The SMILES string of the molecule is O=C(O)c1cc(C(=O)c2ccoc2Br)c[nH]1. The van der Waals surface area contributed by atoms with Gasteiger partial charge in [0.25, 0.3) is 0 Å². The smallest absolute Gasteiger partial charge is 0.352 e. The summed E-state index contributed by atoms with van der Waals surface area (Å²) >= 11 is 3.09. The first kappa shape index (κ1) is 10.7. The molecule has 82 valence electrons. The number of carboxylic acid groups (broad SMARTS) is 1. The van der Waals surface area contributed by atoms with E-state index in [1.807, 2.05) is 0 Å². The Bertz CT molecular complexity index is 555. The molecule has 5 nitrogen and oxygen atoms in total. The van der Waals surface area contributed by atoms with E-state index in [1.165, 1.54) is 24.6 Å². The largest absolute Gasteiger partial charge is 0.477 e. The number of aromatic carboxylic acids is 1. The van der Waals surface area contributed by atoms with Crippen molar-refractivity contribution in [3.05, 3.63) is 46.1 Å². The molecule has 0 aliphatic carbocycles. The van der Waals surface area contributed by atoms with Gasteiger partial charge in [-0.05, 0) is 28.1 Å². The Labute approximate surface area is 98.2 Å². The highest BCUT2D eigenvalue weighted by molar-refractivity contribution is 9.10. The van der Waals surface area contributed by atoms with Crippen LogP contribution in [0.3, 0.4) is 0 Å². The Kier molecular flexibility index (Phi) is 2.66. The van der Waals surface area contributed by atoms with Gasteiger partial charge in [0.1, 0.15) is 5.69 Å². The van der Waals surface area contributed by atoms with Gasteiger partial charge in [-0.2, -0.15) is 0 Å². The number of carboxylic acids is 1. The third-order valence-corrected chi connectivity index (χ3v) is 2.65. The van der Waals surface area contributed by atoms with Crippen LogP contribution >= 0.6 is 15.9 Å². The van der Waals surface area contributed by atoms with Crippen molar-refractivity contribution in [1.29, 1.82) is 0 Å². The second-order valence-electron chi connectivity index (χ2n) is 3.04. The summed E-state index contributed by atoms with van der Waals surface area (Å²) in [6.07, 6.45) is 2.73. The van der Waals surface area contributed by atoms with Crippen molar-refractivity contribution in [2.24, 2.45) is 0 Å². The summed E-state index contributed by atoms with van der Waals surface area (Å²) in [6, 6.07) is 2.80. The van der Waals surface area contributed by atoms with E-state index in [1.54, 1.807) is 0 Å². The normalized spacial score (nSPS) is 10.3. The molecule has 0 aromatic carbocycles. The van der Waals surface area contributed by atoms with E-state index in [2.05, 4.69) is 20.9 Å². The number of furan rings is 1. The molecule has 2 aromatic rings. The Morgan fingerprint density at radius 3 is 2.69 bits per heavy atom. The van der Waals surface area contributed by atoms with Crippen molar-refractivity contribution in [2.45, 2.75) is 0 Å². The highest BCUT2D eigenvalue weighted by Gasteiger charge is 2.17. The average molecular weight is 284 g/mol. The average Bonchev–Trinajstić information content (AvgIpc) is 2.84. The van der Waals surface area contributed by atoms with E-state index in [4.69, 9.17) is 9.52 Å². The third-order valence-electron chi connectivity index (χ3n) is 2.04. The molecule has 0 radical (unpaired) electrons. The zero-order valence-corrected chi connectivity index (χ0v) is 9.45. The summed E-state index contributed by atoms with van der Waals surface area (Å²) in [6.45, 7) is 0. The van der Waals surface area contributed by atoms with Gasteiger partial charge in [-0.3, -0.25) is 4.79 Å². The quantitative estimate of drug-likeness (QED) is 0.847. The number of hydrogen-bond acceptors (Lipinski definition) is 3. The number of aromatic amines is 1. The Morgan fingerprint density at radius 2 is 2.19 bits per heavy atom. The summed E-state index contributed by atoms with van der Waals surface area (Å²) < 4.78 is 5.26. The van der Waals surface area contributed by atoms with Gasteiger partial charge < -0.3 is 14.5 Å². The topological polar surface area (TPSA) is 83.3 Å². The van der Waals surface area contributed by atoms with Crippen molar-refractivity contribution in [3.63, 3.8) is 0 Å². The summed E-state index contributed by atoms with van der Waals surface area (Å²) in [5.74, 6) is -1.41. The fourth-order valence-corrected chi connectivity index (χ4v) is 1.68. The summed E-state index contributed by atoms with van der Waals surface area (Å²) in [7, 11) is 0. The van der Waals surface area contributed by atoms with Gasteiger partial charge in [0.2, 0.25) is 0 Å². The van der Waals surface area contributed by atoms with E-state index in [9.17, 15) is 9.59 Å². The van der Waals surface area contributed by atoms with Gasteiger partial charge in [-0.15, -0.1) is 0 Å². The highest BCUT2D eigenvalue weighted by Crippen LogP contribution is 2.21. The zero-order valence-electron chi connectivity index (χ0n) is 7.86. The fraction of sp³-hybridized carbons (Fsp3) is 0. The van der Waals surface area contributed by atoms with Crippen molar-refractivity contribution in [1.82, 2.24) is 4.98 Å². The molecular weight excluding hydrogens is 278 g/mol. The number of H-pyrrole nitrogens is 1. The molecule has 6 heteroatoms. The van der Waals surface area contributed by atoms with Crippen LogP contribution in [-0.4, -0.2) is 21.8 Å². The van der Waals surface area contributed by atoms with Crippen LogP contribution in [0.25, 0.3) is 0 Å². The minimum absolute atomic E-state index is 0.0250. The first-order chi connectivity index (χ1) is 7.59. The lowest BCUT2D eigenvalue weighted by Crippen LogP contribution is -1.99. The Hall–Kier alpha value is -1.82. The van der Waals surface area contributed by atoms with Crippen LogP contribution in [0.4, 0.5) is 0 Å². The van der Waals surface area contributed by atoms with Gasteiger partial charge in [0, 0.05) is 11.8 Å². The maximum Gasteiger partial charge on any atom is 0.352 e. The zero-order chi connectivity index (χ0) is 11.7. The third kappa shape index (κ3) is 1.79. The molecule has 0 spiro atoms. The number of ketones is 1. The van der Waals surface area contributed by atoms with E-state index in [0.29, 0.717) is 10.2 Å². The molecule has 0 unspecified atom stereocenters. The number of carbonyl (C=O) groups excluding carboxylic acids is 1. The molecule has 0 amide bonds.